The largest absolute Gasteiger partial charge is 0.489 e. The number of rotatable bonds is 2. The van der Waals surface area contributed by atoms with Gasteiger partial charge in [-0.3, -0.25) is 9.59 Å². The SMILES string of the molecule is COC1=C(OC)C(=O)c2cc(Cl)ccc2C1=O. The van der Waals surface area contributed by atoms with Crippen molar-refractivity contribution in [3.8, 4) is 0 Å². The lowest BCUT2D eigenvalue weighted by molar-refractivity contribution is 0.0829. The monoisotopic (exact) mass is 252 g/mol. The maximum Gasteiger partial charge on any atom is 0.232 e. The van der Waals surface area contributed by atoms with Gasteiger partial charge < -0.3 is 9.47 Å². The van der Waals surface area contributed by atoms with Gasteiger partial charge in [0.1, 0.15) is 0 Å². The van der Waals surface area contributed by atoms with E-state index >= 15 is 0 Å². The maximum atomic E-state index is 12.0. The van der Waals surface area contributed by atoms with Gasteiger partial charge in [0, 0.05) is 16.1 Å². The summed E-state index contributed by atoms with van der Waals surface area (Å²) in [5.74, 6) is -0.948. The zero-order valence-corrected chi connectivity index (χ0v) is 10.00. The first-order valence-corrected chi connectivity index (χ1v) is 5.19. The summed E-state index contributed by atoms with van der Waals surface area (Å²) in [7, 11) is 2.63. The molecule has 1 aliphatic carbocycles. The Bertz CT molecular complexity index is 545. The van der Waals surface area contributed by atoms with Gasteiger partial charge in [-0.25, -0.2) is 0 Å². The summed E-state index contributed by atoms with van der Waals surface area (Å²) in [5, 5.41) is 0.390. The Balaban J connectivity index is 2.68. The fraction of sp³-hybridized carbons (Fsp3) is 0.167. The first kappa shape index (κ1) is 11.7. The summed E-state index contributed by atoms with van der Waals surface area (Å²) < 4.78 is 9.83. The fourth-order valence-corrected chi connectivity index (χ4v) is 1.90. The van der Waals surface area contributed by atoms with Gasteiger partial charge in [-0.2, -0.15) is 0 Å². The van der Waals surface area contributed by atoms with Crippen molar-refractivity contribution in [1.29, 1.82) is 0 Å². The third kappa shape index (κ3) is 1.70. The molecule has 0 radical (unpaired) electrons. The molecule has 1 aromatic rings. The molecule has 1 aromatic carbocycles. The summed E-state index contributed by atoms with van der Waals surface area (Å²) >= 11 is 5.80. The second-order valence-electron chi connectivity index (χ2n) is 3.41. The number of carbonyl (C=O) groups excluding carboxylic acids is 2. The van der Waals surface area contributed by atoms with Crippen molar-refractivity contribution in [3.05, 3.63) is 45.9 Å². The highest BCUT2D eigenvalue weighted by atomic mass is 35.5. The first-order valence-electron chi connectivity index (χ1n) is 4.81. The van der Waals surface area contributed by atoms with Crippen LogP contribution in [-0.4, -0.2) is 25.8 Å². The molecule has 0 bridgehead atoms. The van der Waals surface area contributed by atoms with Crippen LogP contribution in [0.2, 0.25) is 5.02 Å². The molecule has 0 unspecified atom stereocenters. The fourth-order valence-electron chi connectivity index (χ4n) is 1.72. The summed E-state index contributed by atoms with van der Waals surface area (Å²) in [6, 6.07) is 4.50. The number of fused-ring (bicyclic) bond motifs is 1. The van der Waals surface area contributed by atoms with E-state index in [9.17, 15) is 9.59 Å². The van der Waals surface area contributed by atoms with E-state index in [1.54, 1.807) is 6.07 Å². The predicted molar refractivity (Wildman–Crippen MR) is 61.2 cm³/mol. The first-order chi connectivity index (χ1) is 8.10. The topological polar surface area (TPSA) is 52.6 Å². The predicted octanol–water partition coefficient (Wildman–Crippen LogP) is 2.22. The Hall–Kier alpha value is -1.81. The highest BCUT2D eigenvalue weighted by molar-refractivity contribution is 6.32. The molecule has 0 saturated heterocycles. The molecular formula is C12H9ClO4. The van der Waals surface area contributed by atoms with Crippen molar-refractivity contribution in [2.75, 3.05) is 14.2 Å². The zero-order valence-electron chi connectivity index (χ0n) is 9.24. The lowest BCUT2D eigenvalue weighted by Gasteiger charge is -2.18. The maximum absolute atomic E-state index is 12.0. The Morgan fingerprint density at radius 3 is 2.00 bits per heavy atom. The molecule has 0 N–H and O–H groups in total. The lowest BCUT2D eigenvalue weighted by atomic mass is 9.92. The van der Waals surface area contributed by atoms with E-state index < -0.39 is 5.78 Å². The van der Waals surface area contributed by atoms with Crippen LogP contribution in [0.3, 0.4) is 0 Å². The number of hydrogen-bond acceptors (Lipinski definition) is 4. The van der Waals surface area contributed by atoms with E-state index in [0.29, 0.717) is 5.02 Å². The van der Waals surface area contributed by atoms with Crippen molar-refractivity contribution >= 4 is 23.2 Å². The van der Waals surface area contributed by atoms with Crippen molar-refractivity contribution in [2.45, 2.75) is 0 Å². The number of allylic oxidation sites excluding steroid dienone is 2. The highest BCUT2D eigenvalue weighted by Crippen LogP contribution is 2.28. The Kier molecular flexibility index (Phi) is 2.90. The summed E-state index contributed by atoms with van der Waals surface area (Å²) in [5.41, 5.74) is 0.511. The van der Waals surface area contributed by atoms with Gasteiger partial charge in [-0.05, 0) is 18.2 Å². The Morgan fingerprint density at radius 1 is 0.941 bits per heavy atom. The quantitative estimate of drug-likeness (QED) is 0.810. The van der Waals surface area contributed by atoms with Crippen molar-refractivity contribution < 1.29 is 19.1 Å². The molecule has 4 nitrogen and oxygen atoms in total. The van der Waals surface area contributed by atoms with Crippen LogP contribution in [-0.2, 0) is 9.47 Å². The highest BCUT2D eigenvalue weighted by Gasteiger charge is 2.34. The van der Waals surface area contributed by atoms with Crippen LogP contribution in [0, 0.1) is 0 Å². The van der Waals surface area contributed by atoms with Crippen LogP contribution >= 0.6 is 11.6 Å². The minimum Gasteiger partial charge on any atom is -0.489 e. The average molecular weight is 253 g/mol. The van der Waals surface area contributed by atoms with Gasteiger partial charge in [0.25, 0.3) is 0 Å². The molecule has 0 spiro atoms. The van der Waals surface area contributed by atoms with E-state index in [4.69, 9.17) is 21.1 Å². The van der Waals surface area contributed by atoms with Gasteiger partial charge in [0.2, 0.25) is 23.1 Å². The molecule has 0 atom stereocenters. The molecule has 0 fully saturated rings. The van der Waals surface area contributed by atoms with E-state index in [0.717, 1.165) is 0 Å². The number of hydrogen-bond donors (Lipinski definition) is 0. The van der Waals surface area contributed by atoms with E-state index in [1.165, 1.54) is 26.4 Å². The standard InChI is InChI=1S/C12H9ClO4/c1-16-11-9(14)7-4-3-6(13)5-8(7)10(15)12(11)17-2/h3-5H,1-2H3. The number of ketones is 2. The molecule has 0 amide bonds. The van der Waals surface area contributed by atoms with Crippen LogP contribution in [0.4, 0.5) is 0 Å². The van der Waals surface area contributed by atoms with Crippen molar-refractivity contribution in [1.82, 2.24) is 0 Å². The number of ether oxygens (including phenoxy) is 2. The normalized spacial score (nSPS) is 14.8. The molecule has 2 rings (SSSR count). The molecule has 0 aliphatic heterocycles. The number of Topliss-reactive ketones (excluding diaryl/α,β-unsaturated/α-hetero) is 2. The lowest BCUT2D eigenvalue weighted by Crippen LogP contribution is -2.23. The number of benzene rings is 1. The summed E-state index contributed by atoms with van der Waals surface area (Å²) in [4.78, 5) is 24.1. The number of halogens is 1. The number of methoxy groups -OCH3 is 2. The van der Waals surface area contributed by atoms with Crippen LogP contribution in [0.15, 0.2) is 29.7 Å². The van der Waals surface area contributed by atoms with Crippen molar-refractivity contribution in [2.24, 2.45) is 0 Å². The van der Waals surface area contributed by atoms with E-state index in [1.807, 2.05) is 0 Å². The minimum absolute atomic E-state index is 0.0766. The summed E-state index contributed by atoms with van der Waals surface area (Å²) in [6.45, 7) is 0. The summed E-state index contributed by atoms with van der Waals surface area (Å²) in [6.07, 6.45) is 0. The van der Waals surface area contributed by atoms with Gasteiger partial charge in [-0.1, -0.05) is 11.6 Å². The van der Waals surface area contributed by atoms with Crippen LogP contribution in [0.5, 0.6) is 0 Å². The molecule has 0 aromatic heterocycles. The molecule has 88 valence electrons. The number of carbonyl (C=O) groups is 2. The Labute approximate surface area is 103 Å². The minimum atomic E-state index is -0.401. The second kappa shape index (κ2) is 4.22. The van der Waals surface area contributed by atoms with E-state index in [2.05, 4.69) is 0 Å². The van der Waals surface area contributed by atoms with Gasteiger partial charge in [-0.15, -0.1) is 0 Å². The van der Waals surface area contributed by atoms with Gasteiger partial charge in [0.05, 0.1) is 14.2 Å². The second-order valence-corrected chi connectivity index (χ2v) is 3.85. The molecule has 0 saturated carbocycles. The molecule has 1 aliphatic rings. The van der Waals surface area contributed by atoms with Crippen LogP contribution < -0.4 is 0 Å². The molecule has 0 heterocycles. The average Bonchev–Trinajstić information content (AvgIpc) is 2.33. The molecular weight excluding hydrogens is 244 g/mol. The van der Waals surface area contributed by atoms with E-state index in [-0.39, 0.29) is 28.4 Å². The third-order valence-electron chi connectivity index (χ3n) is 2.50. The zero-order chi connectivity index (χ0) is 12.6. The van der Waals surface area contributed by atoms with Crippen molar-refractivity contribution in [3.63, 3.8) is 0 Å². The smallest absolute Gasteiger partial charge is 0.232 e. The van der Waals surface area contributed by atoms with Crippen LogP contribution in [0.25, 0.3) is 0 Å². The van der Waals surface area contributed by atoms with Gasteiger partial charge >= 0.3 is 0 Å². The third-order valence-corrected chi connectivity index (χ3v) is 2.73. The Morgan fingerprint density at radius 2 is 1.47 bits per heavy atom. The molecule has 17 heavy (non-hydrogen) atoms. The molecule has 5 heteroatoms. The van der Waals surface area contributed by atoms with Crippen LogP contribution in [0.1, 0.15) is 20.7 Å². The van der Waals surface area contributed by atoms with Gasteiger partial charge in [0.15, 0.2) is 0 Å².